The van der Waals surface area contributed by atoms with Gasteiger partial charge in [0.1, 0.15) is 5.82 Å². The third kappa shape index (κ3) is 4.82. The van der Waals surface area contributed by atoms with Crippen molar-refractivity contribution in [1.29, 1.82) is 0 Å². The second-order valence-corrected chi connectivity index (χ2v) is 7.14. The molecule has 1 aliphatic heterocycles. The molecule has 26 heavy (non-hydrogen) atoms. The van der Waals surface area contributed by atoms with E-state index in [-0.39, 0.29) is 23.6 Å². The third-order valence-electron chi connectivity index (χ3n) is 4.13. The van der Waals surface area contributed by atoms with Gasteiger partial charge >= 0.3 is 0 Å². The number of hydrogen-bond donors (Lipinski definition) is 1. The number of hydrogen-bond acceptors (Lipinski definition) is 5. The Morgan fingerprint density at radius 2 is 2.19 bits per heavy atom. The van der Waals surface area contributed by atoms with Crippen molar-refractivity contribution >= 4 is 17.7 Å². The summed E-state index contributed by atoms with van der Waals surface area (Å²) < 4.78 is 21.0. The van der Waals surface area contributed by atoms with Gasteiger partial charge in [0.2, 0.25) is 5.91 Å². The number of nitrogens with zero attached hydrogens (tertiary/aromatic N) is 3. The Hall–Kier alpha value is -1.93. The Labute approximate surface area is 156 Å². The van der Waals surface area contributed by atoms with Gasteiger partial charge in [-0.25, -0.2) is 4.39 Å². The highest BCUT2D eigenvalue weighted by molar-refractivity contribution is 7.99. The van der Waals surface area contributed by atoms with Crippen molar-refractivity contribution in [3.8, 4) is 11.4 Å². The van der Waals surface area contributed by atoms with Crippen LogP contribution in [0.5, 0.6) is 0 Å². The minimum Gasteiger partial charge on any atom is -0.376 e. The molecule has 1 aromatic carbocycles. The molecular formula is C18H23FN4O2S. The van der Waals surface area contributed by atoms with Crippen LogP contribution < -0.4 is 5.32 Å². The fourth-order valence-corrected chi connectivity index (χ4v) is 3.59. The Morgan fingerprint density at radius 3 is 2.88 bits per heavy atom. The number of nitrogens with one attached hydrogen (secondary N) is 1. The summed E-state index contributed by atoms with van der Waals surface area (Å²) in [5.74, 6) is 0.637. The lowest BCUT2D eigenvalue weighted by Gasteiger charge is -2.14. The molecule has 0 radical (unpaired) electrons. The van der Waals surface area contributed by atoms with E-state index in [1.54, 1.807) is 12.1 Å². The van der Waals surface area contributed by atoms with Crippen molar-refractivity contribution in [3.05, 3.63) is 30.1 Å². The number of halogens is 1. The molecular weight excluding hydrogens is 355 g/mol. The van der Waals surface area contributed by atoms with Crippen molar-refractivity contribution in [2.45, 2.75) is 44.0 Å². The van der Waals surface area contributed by atoms with Crippen LogP contribution in [-0.4, -0.2) is 45.7 Å². The van der Waals surface area contributed by atoms with Crippen LogP contribution in [0.25, 0.3) is 11.4 Å². The fourth-order valence-electron chi connectivity index (χ4n) is 2.81. The second kappa shape index (κ2) is 9.14. The Morgan fingerprint density at radius 1 is 1.38 bits per heavy atom. The van der Waals surface area contributed by atoms with Gasteiger partial charge in [-0.2, -0.15) is 0 Å². The van der Waals surface area contributed by atoms with E-state index < -0.39 is 0 Å². The van der Waals surface area contributed by atoms with E-state index in [0.29, 0.717) is 24.1 Å². The number of thioether (sulfide) groups is 1. The van der Waals surface area contributed by atoms with Gasteiger partial charge in [-0.15, -0.1) is 10.2 Å². The number of amides is 1. The first-order chi connectivity index (χ1) is 12.7. The number of carbonyl (C=O) groups is 1. The predicted octanol–water partition coefficient (Wildman–Crippen LogP) is 2.88. The Kier molecular flexibility index (Phi) is 6.62. The maximum absolute atomic E-state index is 13.2. The van der Waals surface area contributed by atoms with E-state index in [4.69, 9.17) is 4.74 Å². The van der Waals surface area contributed by atoms with Crippen LogP contribution in [0.2, 0.25) is 0 Å². The van der Waals surface area contributed by atoms with E-state index in [9.17, 15) is 9.18 Å². The Bertz CT molecular complexity index is 729. The fraction of sp³-hybridized carbons (Fsp3) is 0.500. The van der Waals surface area contributed by atoms with Crippen LogP contribution in [0, 0.1) is 5.82 Å². The maximum atomic E-state index is 13.2. The topological polar surface area (TPSA) is 69.0 Å². The third-order valence-corrected chi connectivity index (χ3v) is 5.10. The molecule has 0 aliphatic carbocycles. The summed E-state index contributed by atoms with van der Waals surface area (Å²) >= 11 is 1.36. The molecule has 1 saturated heterocycles. The molecule has 0 saturated carbocycles. The van der Waals surface area contributed by atoms with E-state index in [1.807, 2.05) is 11.5 Å². The molecule has 0 spiro atoms. The van der Waals surface area contributed by atoms with Crippen molar-refractivity contribution in [3.63, 3.8) is 0 Å². The molecule has 1 fully saturated rings. The van der Waals surface area contributed by atoms with Crippen molar-refractivity contribution in [1.82, 2.24) is 20.1 Å². The molecule has 140 valence electrons. The highest BCUT2D eigenvalue weighted by atomic mass is 32.2. The van der Waals surface area contributed by atoms with Crippen molar-refractivity contribution in [2.75, 3.05) is 18.9 Å². The lowest BCUT2D eigenvalue weighted by Crippen LogP contribution is -2.26. The zero-order chi connectivity index (χ0) is 18.4. The lowest BCUT2D eigenvalue weighted by molar-refractivity contribution is -0.118. The zero-order valence-corrected chi connectivity index (χ0v) is 15.6. The SMILES string of the molecule is CCCNC(=O)CSc1nnc(-c2ccc(F)cc2)n1C[C@@H]1CCCO1. The first-order valence-corrected chi connectivity index (χ1v) is 9.86. The summed E-state index contributed by atoms with van der Waals surface area (Å²) in [6.45, 7) is 4.07. The molecule has 3 rings (SSSR count). The first-order valence-electron chi connectivity index (χ1n) is 8.87. The average molecular weight is 378 g/mol. The van der Waals surface area contributed by atoms with Gasteiger partial charge in [-0.05, 0) is 43.5 Å². The summed E-state index contributed by atoms with van der Waals surface area (Å²) in [5, 5.41) is 12.1. The molecule has 1 atom stereocenters. The molecule has 1 aromatic heterocycles. The van der Waals surface area contributed by atoms with Crippen molar-refractivity contribution in [2.24, 2.45) is 0 Å². The van der Waals surface area contributed by atoms with Gasteiger partial charge in [-0.3, -0.25) is 9.36 Å². The van der Waals surface area contributed by atoms with Gasteiger partial charge in [-0.1, -0.05) is 18.7 Å². The monoisotopic (exact) mass is 378 g/mol. The van der Waals surface area contributed by atoms with Gasteiger partial charge in [0.25, 0.3) is 0 Å². The minimum absolute atomic E-state index is 0.0214. The van der Waals surface area contributed by atoms with Crippen molar-refractivity contribution < 1.29 is 13.9 Å². The summed E-state index contributed by atoms with van der Waals surface area (Å²) in [6.07, 6.45) is 3.04. The largest absolute Gasteiger partial charge is 0.376 e. The van der Waals surface area contributed by atoms with Crippen LogP contribution in [0.4, 0.5) is 4.39 Å². The number of carbonyl (C=O) groups excluding carboxylic acids is 1. The quantitative estimate of drug-likeness (QED) is 0.716. The molecule has 0 unspecified atom stereocenters. The number of ether oxygens (including phenoxy) is 1. The summed E-state index contributed by atoms with van der Waals surface area (Å²) in [7, 11) is 0. The van der Waals surface area contributed by atoms with Crippen LogP contribution >= 0.6 is 11.8 Å². The average Bonchev–Trinajstić information content (AvgIpc) is 3.29. The molecule has 1 N–H and O–H groups in total. The van der Waals surface area contributed by atoms with Gasteiger partial charge in [0, 0.05) is 18.7 Å². The number of benzene rings is 1. The van der Waals surface area contributed by atoms with Gasteiger partial charge in [0.05, 0.1) is 18.4 Å². The molecule has 8 heteroatoms. The van der Waals surface area contributed by atoms with Gasteiger partial charge in [0.15, 0.2) is 11.0 Å². The second-order valence-electron chi connectivity index (χ2n) is 6.20. The van der Waals surface area contributed by atoms with E-state index in [0.717, 1.165) is 31.4 Å². The number of aromatic nitrogens is 3. The molecule has 2 heterocycles. The lowest BCUT2D eigenvalue weighted by atomic mass is 10.2. The molecule has 2 aromatic rings. The van der Waals surface area contributed by atoms with Crippen LogP contribution in [0.3, 0.4) is 0 Å². The van der Waals surface area contributed by atoms with Crippen LogP contribution in [0.1, 0.15) is 26.2 Å². The number of rotatable bonds is 8. The molecule has 0 bridgehead atoms. The summed E-state index contributed by atoms with van der Waals surface area (Å²) in [6, 6.07) is 6.19. The van der Waals surface area contributed by atoms with E-state index in [2.05, 4.69) is 15.5 Å². The summed E-state index contributed by atoms with van der Waals surface area (Å²) in [4.78, 5) is 11.9. The molecule has 6 nitrogen and oxygen atoms in total. The predicted molar refractivity (Wildman–Crippen MR) is 98.4 cm³/mol. The minimum atomic E-state index is -0.291. The highest BCUT2D eigenvalue weighted by Gasteiger charge is 2.22. The molecule has 1 aliphatic rings. The standard InChI is InChI=1S/C18H23FN4O2S/c1-2-9-20-16(24)12-26-18-22-21-17(13-5-7-14(19)8-6-13)23(18)11-15-4-3-10-25-15/h5-8,15H,2-4,9-12H2,1H3,(H,20,24)/t15-/m0/s1. The van der Waals surface area contributed by atoms with E-state index in [1.165, 1.54) is 23.9 Å². The first kappa shape index (κ1) is 18.8. The zero-order valence-electron chi connectivity index (χ0n) is 14.8. The molecule has 1 amide bonds. The maximum Gasteiger partial charge on any atom is 0.230 e. The van der Waals surface area contributed by atoms with Crippen LogP contribution in [-0.2, 0) is 16.1 Å². The Balaban J connectivity index is 1.79. The smallest absolute Gasteiger partial charge is 0.230 e. The highest BCUT2D eigenvalue weighted by Crippen LogP contribution is 2.26. The van der Waals surface area contributed by atoms with Gasteiger partial charge < -0.3 is 10.1 Å². The van der Waals surface area contributed by atoms with E-state index >= 15 is 0 Å². The normalized spacial score (nSPS) is 16.8. The van der Waals surface area contributed by atoms with Crippen LogP contribution in [0.15, 0.2) is 29.4 Å². The summed E-state index contributed by atoms with van der Waals surface area (Å²) in [5.41, 5.74) is 0.791.